The molecule has 3 aromatic rings. The Labute approximate surface area is 155 Å². The van der Waals surface area contributed by atoms with Crippen LogP contribution in [-0.4, -0.2) is 0 Å². The van der Waals surface area contributed by atoms with E-state index in [4.69, 9.17) is 4.74 Å². The van der Waals surface area contributed by atoms with Crippen molar-refractivity contribution in [3.05, 3.63) is 101 Å². The van der Waals surface area contributed by atoms with Gasteiger partial charge in [0.15, 0.2) is 0 Å². The summed E-state index contributed by atoms with van der Waals surface area (Å²) in [5.41, 5.74) is 6.06. The van der Waals surface area contributed by atoms with Gasteiger partial charge in [-0.1, -0.05) is 71.8 Å². The molecule has 0 atom stereocenters. The van der Waals surface area contributed by atoms with Crippen molar-refractivity contribution < 1.29 is 4.74 Å². The van der Waals surface area contributed by atoms with Crippen molar-refractivity contribution in [1.82, 2.24) is 0 Å². The summed E-state index contributed by atoms with van der Waals surface area (Å²) in [4.78, 5) is 0. The van der Waals surface area contributed by atoms with Crippen LogP contribution in [0.3, 0.4) is 0 Å². The van der Waals surface area contributed by atoms with Gasteiger partial charge >= 0.3 is 0 Å². The molecule has 0 fully saturated rings. The van der Waals surface area contributed by atoms with Crippen LogP contribution in [0.1, 0.15) is 27.8 Å². The molecule has 0 aromatic heterocycles. The quantitative estimate of drug-likeness (QED) is 0.425. The zero-order valence-electron chi connectivity index (χ0n) is 15.1. The van der Waals surface area contributed by atoms with Crippen LogP contribution in [0.15, 0.2) is 72.8 Å². The first-order chi connectivity index (χ1) is 12.6. The summed E-state index contributed by atoms with van der Waals surface area (Å²) in [5.74, 6) is 0.792. The number of hydrogen-bond donors (Lipinski definition) is 0. The minimum Gasteiger partial charge on any atom is -0.489 e. The zero-order chi connectivity index (χ0) is 18.4. The maximum atomic E-state index is 9.50. The van der Waals surface area contributed by atoms with E-state index in [0.29, 0.717) is 12.2 Å². The van der Waals surface area contributed by atoms with E-state index in [2.05, 4.69) is 37.3 Å². The summed E-state index contributed by atoms with van der Waals surface area (Å²) in [5, 5.41) is 9.50. The Morgan fingerprint density at radius 2 is 1.58 bits per heavy atom. The van der Waals surface area contributed by atoms with Crippen LogP contribution in [0.2, 0.25) is 0 Å². The van der Waals surface area contributed by atoms with Crippen LogP contribution in [0.4, 0.5) is 0 Å². The molecule has 0 aliphatic carbocycles. The molecule has 3 rings (SSSR count). The highest BCUT2D eigenvalue weighted by Gasteiger charge is 2.02. The number of rotatable bonds is 5. The lowest BCUT2D eigenvalue weighted by atomic mass is 10.0. The molecule has 0 amide bonds. The fourth-order valence-corrected chi connectivity index (χ4v) is 2.63. The van der Waals surface area contributed by atoms with E-state index in [1.165, 1.54) is 11.1 Å². The summed E-state index contributed by atoms with van der Waals surface area (Å²) >= 11 is 0. The smallest absolute Gasteiger partial charge is 0.120 e. The third-order valence-electron chi connectivity index (χ3n) is 4.18. The van der Waals surface area contributed by atoms with E-state index in [0.717, 1.165) is 22.4 Å². The molecule has 128 valence electrons. The van der Waals surface area contributed by atoms with Crippen LogP contribution in [0, 0.1) is 25.2 Å². The largest absolute Gasteiger partial charge is 0.489 e. The first kappa shape index (κ1) is 17.5. The fourth-order valence-electron chi connectivity index (χ4n) is 2.63. The van der Waals surface area contributed by atoms with Crippen molar-refractivity contribution in [2.45, 2.75) is 20.5 Å². The van der Waals surface area contributed by atoms with Crippen LogP contribution in [0.25, 0.3) is 11.6 Å². The lowest BCUT2D eigenvalue weighted by molar-refractivity contribution is 0.306. The lowest BCUT2D eigenvalue weighted by Crippen LogP contribution is -1.95. The van der Waals surface area contributed by atoms with E-state index in [-0.39, 0.29) is 0 Å². The highest BCUT2D eigenvalue weighted by atomic mass is 16.5. The topological polar surface area (TPSA) is 33.0 Å². The van der Waals surface area contributed by atoms with Gasteiger partial charge in [-0.25, -0.2) is 0 Å². The summed E-state index contributed by atoms with van der Waals surface area (Å²) in [6.45, 7) is 4.63. The Hall–Kier alpha value is -3.31. The molecule has 0 radical (unpaired) electrons. The third-order valence-corrected chi connectivity index (χ3v) is 4.18. The van der Waals surface area contributed by atoms with E-state index < -0.39 is 0 Å². The van der Waals surface area contributed by atoms with Crippen LogP contribution < -0.4 is 4.74 Å². The number of aryl methyl sites for hydroxylation is 2. The minimum atomic E-state index is 0.524. The zero-order valence-corrected chi connectivity index (χ0v) is 15.1. The fraction of sp³-hybridized carbons (Fsp3) is 0.125. The van der Waals surface area contributed by atoms with Gasteiger partial charge in [-0.05, 0) is 48.7 Å². The molecule has 0 aliphatic rings. The highest BCUT2D eigenvalue weighted by Crippen LogP contribution is 2.21. The number of nitriles is 1. The summed E-state index contributed by atoms with van der Waals surface area (Å²) < 4.78 is 5.90. The normalized spacial score (nSPS) is 11.0. The molecule has 0 saturated carbocycles. The second-order valence-electron chi connectivity index (χ2n) is 6.38. The van der Waals surface area contributed by atoms with Crippen molar-refractivity contribution in [3.63, 3.8) is 0 Å². The van der Waals surface area contributed by atoms with Crippen molar-refractivity contribution in [1.29, 1.82) is 5.26 Å². The Kier molecular flexibility index (Phi) is 5.51. The lowest BCUT2D eigenvalue weighted by Gasteiger charge is -2.08. The molecular formula is C24H21NO. The van der Waals surface area contributed by atoms with Crippen LogP contribution >= 0.6 is 0 Å². The molecule has 0 bridgehead atoms. The van der Waals surface area contributed by atoms with Crippen LogP contribution in [-0.2, 0) is 6.61 Å². The van der Waals surface area contributed by atoms with E-state index >= 15 is 0 Å². The molecule has 26 heavy (non-hydrogen) atoms. The van der Waals surface area contributed by atoms with Gasteiger partial charge in [-0.15, -0.1) is 0 Å². The van der Waals surface area contributed by atoms with Gasteiger partial charge in [0.05, 0.1) is 11.6 Å². The van der Waals surface area contributed by atoms with E-state index in [1.54, 1.807) is 0 Å². The molecule has 0 heterocycles. The maximum Gasteiger partial charge on any atom is 0.120 e. The second kappa shape index (κ2) is 8.18. The molecule has 0 unspecified atom stereocenters. The van der Waals surface area contributed by atoms with Gasteiger partial charge in [0.1, 0.15) is 12.4 Å². The van der Waals surface area contributed by atoms with Crippen molar-refractivity contribution in [2.24, 2.45) is 0 Å². The molecule has 2 heteroatoms. The predicted octanol–water partition coefficient (Wildman–Crippen LogP) is 5.95. The Bertz CT molecular complexity index is 945. The molecule has 0 N–H and O–H groups in total. The molecule has 2 nitrogen and oxygen atoms in total. The molecular weight excluding hydrogens is 318 g/mol. The highest BCUT2D eigenvalue weighted by molar-refractivity contribution is 5.89. The maximum absolute atomic E-state index is 9.50. The Balaban J connectivity index is 1.76. The number of benzene rings is 3. The second-order valence-corrected chi connectivity index (χ2v) is 6.38. The molecule has 0 aliphatic heterocycles. The number of hydrogen-bond acceptors (Lipinski definition) is 2. The number of allylic oxidation sites excluding steroid dienone is 1. The van der Waals surface area contributed by atoms with Crippen molar-refractivity contribution >= 4 is 11.6 Å². The van der Waals surface area contributed by atoms with E-state index in [1.807, 2.05) is 61.5 Å². The SMILES string of the molecule is Cc1ccc(COc2cccc(/C=C(\C#N)c3ccc(C)cc3)c2)cc1. The minimum absolute atomic E-state index is 0.524. The Morgan fingerprint density at radius 1 is 0.923 bits per heavy atom. The summed E-state index contributed by atoms with van der Waals surface area (Å²) in [6.07, 6.45) is 1.89. The number of nitrogens with zero attached hydrogens (tertiary/aromatic N) is 1. The molecule has 0 spiro atoms. The first-order valence-corrected chi connectivity index (χ1v) is 8.61. The van der Waals surface area contributed by atoms with Crippen molar-refractivity contribution in [3.8, 4) is 11.8 Å². The van der Waals surface area contributed by atoms with Gasteiger partial charge in [0.2, 0.25) is 0 Å². The molecule has 0 saturated heterocycles. The summed E-state index contributed by atoms with van der Waals surface area (Å²) in [6, 6.07) is 26.4. The van der Waals surface area contributed by atoms with Gasteiger partial charge in [0, 0.05) is 0 Å². The number of ether oxygens (including phenoxy) is 1. The third kappa shape index (κ3) is 4.62. The predicted molar refractivity (Wildman–Crippen MR) is 107 cm³/mol. The summed E-state index contributed by atoms with van der Waals surface area (Å²) in [7, 11) is 0. The first-order valence-electron chi connectivity index (χ1n) is 8.61. The average Bonchev–Trinajstić information content (AvgIpc) is 2.67. The van der Waals surface area contributed by atoms with Crippen molar-refractivity contribution in [2.75, 3.05) is 0 Å². The van der Waals surface area contributed by atoms with Gasteiger partial charge in [0.25, 0.3) is 0 Å². The molecule has 3 aromatic carbocycles. The van der Waals surface area contributed by atoms with Gasteiger partial charge in [-0.3, -0.25) is 0 Å². The van der Waals surface area contributed by atoms with Gasteiger partial charge in [-0.2, -0.15) is 5.26 Å². The average molecular weight is 339 g/mol. The standard InChI is InChI=1S/C24H21NO/c1-18-6-10-20(11-7-18)17-26-24-5-3-4-21(15-24)14-23(16-25)22-12-8-19(2)9-13-22/h3-15H,17H2,1-2H3/b23-14+. The monoisotopic (exact) mass is 339 g/mol. The van der Waals surface area contributed by atoms with Gasteiger partial charge < -0.3 is 4.74 Å². The Morgan fingerprint density at radius 3 is 2.23 bits per heavy atom. The van der Waals surface area contributed by atoms with Crippen LogP contribution in [0.5, 0.6) is 5.75 Å². The van der Waals surface area contributed by atoms with E-state index in [9.17, 15) is 5.26 Å².